The zero-order valence-electron chi connectivity index (χ0n) is 13.6. The third-order valence-corrected chi connectivity index (χ3v) is 3.51. The van der Waals surface area contributed by atoms with Crippen LogP contribution in [0.4, 0.5) is 5.69 Å². The Hall–Kier alpha value is -2.54. The topological polar surface area (TPSA) is 49.1 Å². The molecule has 4 heteroatoms. The van der Waals surface area contributed by atoms with Crippen LogP contribution in [0.15, 0.2) is 30.3 Å². The van der Waals surface area contributed by atoms with Crippen LogP contribution in [0.2, 0.25) is 0 Å². The van der Waals surface area contributed by atoms with Crippen LogP contribution in [0.5, 0.6) is 5.75 Å². The number of pyridine rings is 1. The quantitative estimate of drug-likeness (QED) is 0.845. The van der Waals surface area contributed by atoms with Crippen molar-refractivity contribution in [2.75, 3.05) is 18.6 Å². The van der Waals surface area contributed by atoms with Crippen molar-refractivity contribution >= 4 is 5.69 Å². The van der Waals surface area contributed by atoms with E-state index in [1.807, 2.05) is 52.1 Å². The lowest BCUT2D eigenvalue weighted by atomic mass is 10.1. The summed E-state index contributed by atoms with van der Waals surface area (Å²) >= 11 is 0. The van der Waals surface area contributed by atoms with E-state index in [2.05, 4.69) is 22.0 Å². The van der Waals surface area contributed by atoms with Gasteiger partial charge in [-0.2, -0.15) is 5.26 Å². The van der Waals surface area contributed by atoms with Gasteiger partial charge in [-0.1, -0.05) is 18.2 Å². The first-order valence-corrected chi connectivity index (χ1v) is 7.37. The molecule has 0 spiro atoms. The molecule has 0 atom stereocenters. The summed E-state index contributed by atoms with van der Waals surface area (Å²) in [5.41, 5.74) is 4.31. The molecule has 114 valence electrons. The Morgan fingerprint density at radius 2 is 2.00 bits per heavy atom. The molecule has 2 aromatic rings. The average Bonchev–Trinajstić information content (AvgIpc) is 2.48. The molecule has 1 heterocycles. The maximum atomic E-state index is 9.40. The van der Waals surface area contributed by atoms with E-state index in [0.29, 0.717) is 18.7 Å². The highest BCUT2D eigenvalue weighted by Crippen LogP contribution is 2.26. The number of aromatic nitrogens is 1. The highest BCUT2D eigenvalue weighted by molar-refractivity contribution is 5.61. The molecule has 1 aromatic heterocycles. The van der Waals surface area contributed by atoms with E-state index in [1.54, 1.807) is 0 Å². The monoisotopic (exact) mass is 295 g/mol. The van der Waals surface area contributed by atoms with Gasteiger partial charge in [-0.15, -0.1) is 0 Å². The van der Waals surface area contributed by atoms with Crippen LogP contribution in [0.3, 0.4) is 0 Å². The Morgan fingerprint density at radius 1 is 1.27 bits per heavy atom. The lowest BCUT2D eigenvalue weighted by Crippen LogP contribution is -2.19. The number of benzene rings is 1. The number of hydrogen-bond donors (Lipinski definition) is 0. The fourth-order valence-corrected chi connectivity index (χ4v) is 2.52. The zero-order chi connectivity index (χ0) is 16.1. The molecule has 0 fully saturated rings. The molecule has 0 aliphatic rings. The summed E-state index contributed by atoms with van der Waals surface area (Å²) in [4.78, 5) is 6.44. The van der Waals surface area contributed by atoms with Crippen LogP contribution >= 0.6 is 0 Å². The molecule has 0 unspecified atom stereocenters. The van der Waals surface area contributed by atoms with Gasteiger partial charge >= 0.3 is 0 Å². The maximum Gasteiger partial charge on any atom is 0.124 e. The molecule has 0 amide bonds. The molecule has 0 saturated heterocycles. The van der Waals surface area contributed by atoms with Crippen molar-refractivity contribution in [1.29, 1.82) is 5.26 Å². The van der Waals surface area contributed by atoms with Crippen molar-refractivity contribution in [1.82, 2.24) is 4.98 Å². The van der Waals surface area contributed by atoms with Gasteiger partial charge in [0.1, 0.15) is 11.8 Å². The first-order chi connectivity index (χ1) is 10.6. The zero-order valence-corrected chi connectivity index (χ0v) is 13.6. The first kappa shape index (κ1) is 15.8. The molecule has 22 heavy (non-hydrogen) atoms. The van der Waals surface area contributed by atoms with Crippen molar-refractivity contribution in [3.8, 4) is 11.8 Å². The third-order valence-electron chi connectivity index (χ3n) is 3.51. The number of ether oxygens (including phenoxy) is 1. The molecule has 2 rings (SSSR count). The van der Waals surface area contributed by atoms with Crippen molar-refractivity contribution in [3.63, 3.8) is 0 Å². The van der Waals surface area contributed by atoms with E-state index in [1.165, 1.54) is 0 Å². The minimum absolute atomic E-state index is 0.627. The smallest absolute Gasteiger partial charge is 0.124 e. The Balaban J connectivity index is 2.34. The molecular formula is C18H21N3O. The van der Waals surface area contributed by atoms with Gasteiger partial charge in [-0.05, 0) is 32.9 Å². The normalized spacial score (nSPS) is 10.1. The molecule has 0 N–H and O–H groups in total. The number of anilines is 1. The molecule has 0 aliphatic heterocycles. The van der Waals surface area contributed by atoms with E-state index in [-0.39, 0.29) is 0 Å². The van der Waals surface area contributed by atoms with E-state index >= 15 is 0 Å². The maximum absolute atomic E-state index is 9.40. The predicted molar refractivity (Wildman–Crippen MR) is 88.1 cm³/mol. The second-order valence-electron chi connectivity index (χ2n) is 5.25. The summed E-state index contributed by atoms with van der Waals surface area (Å²) in [6.07, 6.45) is 0. The Kier molecular flexibility index (Phi) is 5.00. The summed E-state index contributed by atoms with van der Waals surface area (Å²) < 4.78 is 5.67. The number of hydrogen-bond acceptors (Lipinski definition) is 4. The van der Waals surface area contributed by atoms with Gasteiger partial charge in [0.25, 0.3) is 0 Å². The number of rotatable bonds is 5. The third kappa shape index (κ3) is 3.37. The second-order valence-corrected chi connectivity index (χ2v) is 5.25. The largest absolute Gasteiger partial charge is 0.494 e. The summed E-state index contributed by atoms with van der Waals surface area (Å²) in [6.45, 7) is 7.10. The Morgan fingerprint density at radius 3 is 2.68 bits per heavy atom. The van der Waals surface area contributed by atoms with E-state index in [9.17, 15) is 5.26 Å². The lowest BCUT2D eigenvalue weighted by molar-refractivity contribution is 0.336. The molecular weight excluding hydrogens is 274 g/mol. The SMILES string of the molecule is CCOc1ccccc1CN(C)c1cc(C)nc(C)c1C#N. The highest BCUT2D eigenvalue weighted by Gasteiger charge is 2.14. The van der Waals surface area contributed by atoms with Crippen LogP contribution in [-0.4, -0.2) is 18.6 Å². The molecule has 1 aromatic carbocycles. The Labute approximate surface area is 132 Å². The number of para-hydroxylation sites is 1. The van der Waals surface area contributed by atoms with Gasteiger partial charge in [0.05, 0.1) is 23.6 Å². The molecule has 0 bridgehead atoms. The van der Waals surface area contributed by atoms with Gasteiger partial charge < -0.3 is 9.64 Å². The van der Waals surface area contributed by atoms with Gasteiger partial charge in [0.2, 0.25) is 0 Å². The van der Waals surface area contributed by atoms with Crippen molar-refractivity contribution < 1.29 is 4.74 Å². The summed E-state index contributed by atoms with van der Waals surface area (Å²) in [5.74, 6) is 0.887. The van der Waals surface area contributed by atoms with Gasteiger partial charge in [0, 0.05) is 24.8 Å². The van der Waals surface area contributed by atoms with E-state index in [0.717, 1.165) is 28.4 Å². The van der Waals surface area contributed by atoms with Crippen molar-refractivity contribution in [3.05, 3.63) is 52.8 Å². The van der Waals surface area contributed by atoms with Crippen molar-refractivity contribution in [2.45, 2.75) is 27.3 Å². The van der Waals surface area contributed by atoms with Crippen LogP contribution in [0.1, 0.15) is 29.4 Å². The highest BCUT2D eigenvalue weighted by atomic mass is 16.5. The summed E-state index contributed by atoms with van der Waals surface area (Å²) in [6, 6.07) is 12.2. The predicted octanol–water partition coefficient (Wildman–Crippen LogP) is 3.61. The number of nitrogens with zero attached hydrogens (tertiary/aromatic N) is 3. The van der Waals surface area contributed by atoms with E-state index < -0.39 is 0 Å². The molecule has 0 radical (unpaired) electrons. The van der Waals surface area contributed by atoms with Gasteiger partial charge in [0.15, 0.2) is 0 Å². The minimum atomic E-state index is 0.627. The van der Waals surface area contributed by atoms with Crippen LogP contribution in [-0.2, 0) is 6.54 Å². The fourth-order valence-electron chi connectivity index (χ4n) is 2.52. The van der Waals surface area contributed by atoms with Crippen LogP contribution < -0.4 is 9.64 Å². The average molecular weight is 295 g/mol. The van der Waals surface area contributed by atoms with Gasteiger partial charge in [-0.25, -0.2) is 0 Å². The molecule has 4 nitrogen and oxygen atoms in total. The number of aryl methyl sites for hydroxylation is 2. The summed E-state index contributed by atoms with van der Waals surface area (Å²) in [5, 5.41) is 9.40. The van der Waals surface area contributed by atoms with E-state index in [4.69, 9.17) is 4.74 Å². The summed E-state index contributed by atoms with van der Waals surface area (Å²) in [7, 11) is 1.98. The standard InChI is InChI=1S/C18H21N3O/c1-5-22-18-9-7-6-8-15(18)12-21(4)17-10-13(2)20-14(3)16(17)11-19/h6-10H,5,12H2,1-4H3. The minimum Gasteiger partial charge on any atom is -0.494 e. The first-order valence-electron chi connectivity index (χ1n) is 7.37. The lowest BCUT2D eigenvalue weighted by Gasteiger charge is -2.23. The van der Waals surface area contributed by atoms with Crippen LogP contribution in [0, 0.1) is 25.2 Å². The number of nitriles is 1. The Bertz CT molecular complexity index is 704. The second kappa shape index (κ2) is 6.95. The fraction of sp³-hybridized carbons (Fsp3) is 0.333. The van der Waals surface area contributed by atoms with Gasteiger partial charge in [-0.3, -0.25) is 4.98 Å². The molecule has 0 saturated carbocycles. The van der Waals surface area contributed by atoms with Crippen LogP contribution in [0.25, 0.3) is 0 Å². The van der Waals surface area contributed by atoms with Crippen molar-refractivity contribution in [2.24, 2.45) is 0 Å². The molecule has 0 aliphatic carbocycles.